The molecule has 0 spiro atoms. The summed E-state index contributed by atoms with van der Waals surface area (Å²) in [6.45, 7) is 6.15. The molecular weight excluding hydrogens is 258 g/mol. The van der Waals surface area contributed by atoms with Crippen molar-refractivity contribution in [2.24, 2.45) is 0 Å². The molecule has 0 saturated carbocycles. The van der Waals surface area contributed by atoms with Gasteiger partial charge in [0, 0.05) is 25.2 Å². The molecule has 0 aromatic heterocycles. The molecular formula is C18H29N3. The lowest BCUT2D eigenvalue weighted by atomic mass is 10.0. The number of rotatable bonds is 3. The van der Waals surface area contributed by atoms with Gasteiger partial charge in [0.1, 0.15) is 0 Å². The second-order valence-corrected chi connectivity index (χ2v) is 6.75. The Hall–Kier alpha value is -0.900. The molecule has 1 aromatic rings. The summed E-state index contributed by atoms with van der Waals surface area (Å²) in [7, 11) is 2.27. The highest BCUT2D eigenvalue weighted by atomic mass is 15.2. The fourth-order valence-corrected chi connectivity index (χ4v) is 3.83. The number of nitrogens with zero attached hydrogens (tertiary/aromatic N) is 2. The van der Waals surface area contributed by atoms with Crippen molar-refractivity contribution in [3.63, 3.8) is 0 Å². The lowest BCUT2D eigenvalue weighted by Crippen LogP contribution is -2.50. The molecule has 116 valence electrons. The summed E-state index contributed by atoms with van der Waals surface area (Å²) in [5.41, 5.74) is 1.46. The highest BCUT2D eigenvalue weighted by Gasteiger charge is 2.27. The third-order valence-corrected chi connectivity index (χ3v) is 4.95. The largest absolute Gasteiger partial charge is 0.312 e. The zero-order chi connectivity index (χ0) is 14.5. The summed E-state index contributed by atoms with van der Waals surface area (Å²) in [5.74, 6) is 0. The lowest BCUT2D eigenvalue weighted by Gasteiger charge is -2.38. The maximum Gasteiger partial charge on any atom is 0.0235 e. The van der Waals surface area contributed by atoms with E-state index in [2.05, 4.69) is 52.5 Å². The van der Waals surface area contributed by atoms with Gasteiger partial charge in [0.15, 0.2) is 0 Å². The SMILES string of the molecule is CN1CCCC(N2CCCNC(Cc3ccccc3)C2)C1. The average molecular weight is 287 g/mol. The molecule has 2 unspecified atom stereocenters. The quantitative estimate of drug-likeness (QED) is 0.917. The predicted molar refractivity (Wildman–Crippen MR) is 88.6 cm³/mol. The molecule has 2 atom stereocenters. The third kappa shape index (κ3) is 4.29. The average Bonchev–Trinajstić information content (AvgIpc) is 2.74. The Kier molecular flexibility index (Phi) is 5.28. The molecule has 2 heterocycles. The Morgan fingerprint density at radius 1 is 1.10 bits per heavy atom. The van der Waals surface area contributed by atoms with Crippen molar-refractivity contribution in [2.45, 2.75) is 37.8 Å². The summed E-state index contributed by atoms with van der Waals surface area (Å²) < 4.78 is 0. The molecule has 1 N–H and O–H groups in total. The third-order valence-electron chi connectivity index (χ3n) is 4.95. The van der Waals surface area contributed by atoms with Gasteiger partial charge in [-0.1, -0.05) is 30.3 Å². The Morgan fingerprint density at radius 2 is 1.95 bits per heavy atom. The molecule has 0 bridgehead atoms. The summed E-state index contributed by atoms with van der Waals surface area (Å²) in [6, 6.07) is 12.3. The van der Waals surface area contributed by atoms with Gasteiger partial charge < -0.3 is 10.2 Å². The van der Waals surface area contributed by atoms with Crippen molar-refractivity contribution in [1.29, 1.82) is 0 Å². The van der Waals surface area contributed by atoms with Gasteiger partial charge in [-0.3, -0.25) is 4.90 Å². The maximum atomic E-state index is 3.76. The van der Waals surface area contributed by atoms with Crippen LogP contribution in [-0.4, -0.2) is 61.7 Å². The van der Waals surface area contributed by atoms with Crippen molar-refractivity contribution in [1.82, 2.24) is 15.1 Å². The van der Waals surface area contributed by atoms with E-state index < -0.39 is 0 Å². The fraction of sp³-hybridized carbons (Fsp3) is 0.667. The van der Waals surface area contributed by atoms with Crippen LogP contribution in [0.1, 0.15) is 24.8 Å². The predicted octanol–water partition coefficient (Wildman–Crippen LogP) is 1.99. The fourth-order valence-electron chi connectivity index (χ4n) is 3.83. The van der Waals surface area contributed by atoms with Crippen molar-refractivity contribution in [3.05, 3.63) is 35.9 Å². The summed E-state index contributed by atoms with van der Waals surface area (Å²) in [5, 5.41) is 3.76. The Balaban J connectivity index is 1.60. The zero-order valence-corrected chi connectivity index (χ0v) is 13.3. The van der Waals surface area contributed by atoms with E-state index in [4.69, 9.17) is 0 Å². The highest BCUT2D eigenvalue weighted by molar-refractivity contribution is 5.16. The van der Waals surface area contributed by atoms with E-state index in [1.165, 1.54) is 51.0 Å². The molecule has 0 amide bonds. The minimum atomic E-state index is 0.599. The maximum absolute atomic E-state index is 3.76. The standard InChI is InChI=1S/C18H29N3/c1-20-11-5-9-18(15-20)21-12-6-10-19-17(14-21)13-16-7-3-2-4-8-16/h2-4,7-8,17-19H,5-6,9-15H2,1H3. The lowest BCUT2D eigenvalue weighted by molar-refractivity contribution is 0.110. The van der Waals surface area contributed by atoms with Gasteiger partial charge >= 0.3 is 0 Å². The molecule has 2 aliphatic rings. The molecule has 0 aliphatic carbocycles. The van der Waals surface area contributed by atoms with Crippen LogP contribution in [0.25, 0.3) is 0 Å². The van der Waals surface area contributed by atoms with E-state index in [9.17, 15) is 0 Å². The van der Waals surface area contributed by atoms with Crippen LogP contribution in [0.3, 0.4) is 0 Å². The van der Waals surface area contributed by atoms with E-state index in [0.29, 0.717) is 6.04 Å². The highest BCUT2D eigenvalue weighted by Crippen LogP contribution is 2.17. The van der Waals surface area contributed by atoms with Crippen LogP contribution < -0.4 is 5.32 Å². The summed E-state index contributed by atoms with van der Waals surface area (Å²) in [4.78, 5) is 5.25. The number of nitrogens with one attached hydrogen (secondary N) is 1. The van der Waals surface area contributed by atoms with Gasteiger partial charge in [-0.15, -0.1) is 0 Å². The van der Waals surface area contributed by atoms with Crippen molar-refractivity contribution in [2.75, 3.05) is 39.8 Å². The molecule has 21 heavy (non-hydrogen) atoms. The van der Waals surface area contributed by atoms with Crippen LogP contribution in [0.5, 0.6) is 0 Å². The van der Waals surface area contributed by atoms with Gasteiger partial charge in [-0.2, -0.15) is 0 Å². The molecule has 3 nitrogen and oxygen atoms in total. The number of hydrogen-bond donors (Lipinski definition) is 1. The minimum Gasteiger partial charge on any atom is -0.312 e. The van der Waals surface area contributed by atoms with Gasteiger partial charge in [0.05, 0.1) is 0 Å². The van der Waals surface area contributed by atoms with Crippen molar-refractivity contribution in [3.8, 4) is 0 Å². The van der Waals surface area contributed by atoms with E-state index in [-0.39, 0.29) is 0 Å². The van der Waals surface area contributed by atoms with Crippen molar-refractivity contribution < 1.29 is 0 Å². The van der Waals surface area contributed by atoms with Crippen LogP contribution in [-0.2, 0) is 6.42 Å². The van der Waals surface area contributed by atoms with Crippen LogP contribution in [0.4, 0.5) is 0 Å². The van der Waals surface area contributed by atoms with Crippen LogP contribution in [0.15, 0.2) is 30.3 Å². The number of benzene rings is 1. The first-order chi connectivity index (χ1) is 10.3. The normalized spacial score (nSPS) is 29.2. The summed E-state index contributed by atoms with van der Waals surface area (Å²) >= 11 is 0. The van der Waals surface area contributed by atoms with E-state index in [0.717, 1.165) is 19.0 Å². The molecule has 2 saturated heterocycles. The minimum absolute atomic E-state index is 0.599. The molecule has 3 heteroatoms. The van der Waals surface area contributed by atoms with E-state index >= 15 is 0 Å². The topological polar surface area (TPSA) is 18.5 Å². The molecule has 1 aromatic carbocycles. The smallest absolute Gasteiger partial charge is 0.0235 e. The molecule has 0 radical (unpaired) electrons. The first kappa shape index (κ1) is 15.0. The first-order valence-electron chi connectivity index (χ1n) is 8.51. The number of piperidine rings is 1. The zero-order valence-electron chi connectivity index (χ0n) is 13.3. The van der Waals surface area contributed by atoms with Gasteiger partial charge in [0.25, 0.3) is 0 Å². The van der Waals surface area contributed by atoms with Crippen LogP contribution in [0, 0.1) is 0 Å². The Morgan fingerprint density at radius 3 is 2.76 bits per heavy atom. The Labute approximate surface area is 129 Å². The molecule has 2 fully saturated rings. The molecule has 2 aliphatic heterocycles. The monoisotopic (exact) mass is 287 g/mol. The summed E-state index contributed by atoms with van der Waals surface area (Å²) in [6.07, 6.45) is 5.17. The second-order valence-electron chi connectivity index (χ2n) is 6.75. The Bertz CT molecular complexity index is 420. The van der Waals surface area contributed by atoms with Gasteiger partial charge in [0.2, 0.25) is 0 Å². The van der Waals surface area contributed by atoms with Gasteiger partial charge in [-0.05, 0) is 57.9 Å². The van der Waals surface area contributed by atoms with Crippen molar-refractivity contribution >= 4 is 0 Å². The number of likely N-dealkylation sites (N-methyl/N-ethyl adjacent to an activating group) is 1. The number of hydrogen-bond acceptors (Lipinski definition) is 3. The van der Waals surface area contributed by atoms with Crippen LogP contribution >= 0.6 is 0 Å². The molecule has 3 rings (SSSR count). The van der Waals surface area contributed by atoms with E-state index in [1.54, 1.807) is 0 Å². The second kappa shape index (κ2) is 7.39. The van der Waals surface area contributed by atoms with E-state index in [1.807, 2.05) is 0 Å². The number of likely N-dealkylation sites (tertiary alicyclic amines) is 1. The first-order valence-corrected chi connectivity index (χ1v) is 8.51. The van der Waals surface area contributed by atoms with Gasteiger partial charge in [-0.25, -0.2) is 0 Å². The van der Waals surface area contributed by atoms with Crippen LogP contribution in [0.2, 0.25) is 0 Å².